The van der Waals surface area contributed by atoms with Crippen LogP contribution in [0.15, 0.2) is 48.5 Å². The summed E-state index contributed by atoms with van der Waals surface area (Å²) in [6, 6.07) is 10.8. The summed E-state index contributed by atoms with van der Waals surface area (Å²) in [6.45, 7) is 1.01. The number of aromatic nitrogens is 4. The molecule has 5 rings (SSSR count). The van der Waals surface area contributed by atoms with Gasteiger partial charge in [-0.05, 0) is 65.9 Å². The number of alkyl halides is 6. The summed E-state index contributed by atoms with van der Waals surface area (Å²) in [5.74, 6) is 0.225. The Labute approximate surface area is 219 Å². The lowest BCUT2D eigenvalue weighted by Crippen LogP contribution is -2.54. The summed E-state index contributed by atoms with van der Waals surface area (Å²) >= 11 is 0. The van der Waals surface area contributed by atoms with Crippen molar-refractivity contribution in [2.45, 2.75) is 75.3 Å². The SMILES string of the molecule is CC(=O)Cn1nnnc1C1CC2(c3ccccc3)NC1CCC2OCc1cc(C(F)(F)F)cc(C(F)(F)F)c1. The molecule has 0 aliphatic carbocycles. The molecular weight excluding hydrogens is 528 g/mol. The van der Waals surface area contributed by atoms with Crippen LogP contribution in [0.4, 0.5) is 26.3 Å². The van der Waals surface area contributed by atoms with Gasteiger partial charge in [-0.2, -0.15) is 26.3 Å². The quantitative estimate of drug-likeness (QED) is 0.414. The van der Waals surface area contributed by atoms with Crippen LogP contribution >= 0.6 is 0 Å². The Morgan fingerprint density at radius 1 is 1.05 bits per heavy atom. The molecule has 0 saturated carbocycles. The number of benzene rings is 2. The zero-order valence-electron chi connectivity index (χ0n) is 20.8. The van der Waals surface area contributed by atoms with Crippen LogP contribution in [0.5, 0.6) is 0 Å². The summed E-state index contributed by atoms with van der Waals surface area (Å²) in [7, 11) is 0. The van der Waals surface area contributed by atoms with Crippen molar-refractivity contribution in [1.29, 1.82) is 0 Å². The number of ether oxygens (including phenoxy) is 1. The number of ketones is 1. The summed E-state index contributed by atoms with van der Waals surface area (Å²) in [5, 5.41) is 15.5. The van der Waals surface area contributed by atoms with Crippen LogP contribution in [0.1, 0.15) is 60.2 Å². The lowest BCUT2D eigenvalue weighted by molar-refractivity contribution is -0.143. The van der Waals surface area contributed by atoms with E-state index < -0.39 is 41.7 Å². The molecule has 4 unspecified atom stereocenters. The molecule has 1 aromatic heterocycles. The molecule has 0 spiro atoms. The van der Waals surface area contributed by atoms with E-state index in [2.05, 4.69) is 20.8 Å². The van der Waals surface area contributed by atoms with E-state index in [4.69, 9.17) is 4.74 Å². The van der Waals surface area contributed by atoms with Crippen LogP contribution in [-0.4, -0.2) is 38.1 Å². The maximum Gasteiger partial charge on any atom is 0.416 e. The highest BCUT2D eigenvalue weighted by Crippen LogP contribution is 2.50. The molecule has 4 atom stereocenters. The van der Waals surface area contributed by atoms with E-state index in [0.717, 1.165) is 5.56 Å². The molecule has 2 fully saturated rings. The molecule has 2 aliphatic heterocycles. The first kappa shape index (κ1) is 27.3. The Morgan fingerprint density at radius 3 is 2.33 bits per heavy atom. The zero-order chi connectivity index (χ0) is 28.0. The predicted molar refractivity (Wildman–Crippen MR) is 125 cm³/mol. The Bertz CT molecular complexity index is 1310. The van der Waals surface area contributed by atoms with Crippen LogP contribution in [0, 0.1) is 0 Å². The number of rotatable bonds is 7. The van der Waals surface area contributed by atoms with Crippen LogP contribution in [0.3, 0.4) is 0 Å². The van der Waals surface area contributed by atoms with Gasteiger partial charge in [0.25, 0.3) is 0 Å². The van der Waals surface area contributed by atoms with Crippen LogP contribution < -0.4 is 5.32 Å². The standard InChI is InChI=1S/C26H25F6N5O2/c1-15(38)13-37-23(34-35-36-37)20-12-24(17-5-3-2-4-6-17)22(8-7-21(20)33-24)39-14-16-9-18(25(27,28)29)11-19(10-16)26(30,31)32/h2-6,9-11,20-22,33H,7-8,12-14H2,1H3. The van der Waals surface area contributed by atoms with E-state index in [1.807, 2.05) is 30.3 Å². The molecule has 3 aromatic rings. The van der Waals surface area contributed by atoms with Crippen molar-refractivity contribution in [1.82, 2.24) is 25.5 Å². The number of piperidine rings is 1. The van der Waals surface area contributed by atoms with Crippen molar-refractivity contribution in [3.8, 4) is 0 Å². The van der Waals surface area contributed by atoms with Crippen LogP contribution in [-0.2, 0) is 40.6 Å². The van der Waals surface area contributed by atoms with E-state index in [1.165, 1.54) is 11.6 Å². The van der Waals surface area contributed by atoms with Gasteiger partial charge in [-0.15, -0.1) is 5.10 Å². The fraction of sp³-hybridized carbons (Fsp3) is 0.462. The number of halogens is 6. The molecule has 1 N–H and O–H groups in total. The third-order valence-corrected chi connectivity index (χ3v) is 7.41. The molecule has 0 radical (unpaired) electrons. The highest BCUT2D eigenvalue weighted by atomic mass is 19.4. The van der Waals surface area contributed by atoms with Gasteiger partial charge < -0.3 is 10.1 Å². The number of carbonyl (C=O) groups excluding carboxylic acids is 1. The van der Waals surface area contributed by atoms with Crippen molar-refractivity contribution < 1.29 is 35.9 Å². The van der Waals surface area contributed by atoms with Gasteiger partial charge in [0.15, 0.2) is 11.6 Å². The topological polar surface area (TPSA) is 81.9 Å². The number of hydrogen-bond acceptors (Lipinski definition) is 6. The monoisotopic (exact) mass is 553 g/mol. The molecule has 2 saturated heterocycles. The number of hydrogen-bond donors (Lipinski definition) is 1. The van der Waals surface area contributed by atoms with E-state index in [1.54, 1.807) is 0 Å². The lowest BCUT2D eigenvalue weighted by Gasteiger charge is -2.42. The van der Waals surface area contributed by atoms with Crippen molar-refractivity contribution in [2.75, 3.05) is 0 Å². The fourth-order valence-corrected chi connectivity index (χ4v) is 5.77. The Hall–Kier alpha value is -3.32. The van der Waals surface area contributed by atoms with Crippen molar-refractivity contribution in [3.63, 3.8) is 0 Å². The third-order valence-electron chi connectivity index (χ3n) is 7.41. The summed E-state index contributed by atoms with van der Waals surface area (Å²) < 4.78 is 87.8. The number of Topliss-reactive ketones (excluding diaryl/α,β-unsaturated/α-hetero) is 1. The Morgan fingerprint density at radius 2 is 1.72 bits per heavy atom. The normalized spacial score (nSPS) is 25.2. The lowest BCUT2D eigenvalue weighted by atomic mass is 9.80. The first-order valence-corrected chi connectivity index (χ1v) is 12.4. The molecule has 7 nitrogen and oxygen atoms in total. The van der Waals surface area contributed by atoms with Gasteiger partial charge in [-0.3, -0.25) is 4.79 Å². The molecule has 3 heterocycles. The zero-order valence-corrected chi connectivity index (χ0v) is 20.8. The summed E-state index contributed by atoms with van der Waals surface area (Å²) in [6.07, 6.45) is -8.88. The fourth-order valence-electron chi connectivity index (χ4n) is 5.77. The Kier molecular flexibility index (Phi) is 7.00. The second kappa shape index (κ2) is 10.0. The first-order chi connectivity index (χ1) is 18.4. The van der Waals surface area contributed by atoms with E-state index in [9.17, 15) is 31.1 Å². The van der Waals surface area contributed by atoms with E-state index in [-0.39, 0.29) is 35.9 Å². The third kappa shape index (κ3) is 5.42. The molecule has 208 valence electrons. The maximum absolute atomic E-state index is 13.4. The van der Waals surface area contributed by atoms with Crippen molar-refractivity contribution in [2.24, 2.45) is 0 Å². The minimum absolute atomic E-state index is 0.0148. The molecule has 0 amide bonds. The summed E-state index contributed by atoms with van der Waals surface area (Å²) in [4.78, 5) is 11.7. The van der Waals surface area contributed by atoms with Crippen molar-refractivity contribution in [3.05, 3.63) is 76.6 Å². The second-order valence-electron chi connectivity index (χ2n) is 10.1. The van der Waals surface area contributed by atoms with Crippen molar-refractivity contribution >= 4 is 5.78 Å². The number of tetrazole rings is 1. The number of nitrogens with zero attached hydrogens (tertiary/aromatic N) is 4. The molecule has 2 aliphatic rings. The highest BCUT2D eigenvalue weighted by molar-refractivity contribution is 5.75. The van der Waals surface area contributed by atoms with Crippen LogP contribution in [0.25, 0.3) is 0 Å². The van der Waals surface area contributed by atoms with Gasteiger partial charge in [-0.25, -0.2) is 4.68 Å². The van der Waals surface area contributed by atoms with E-state index in [0.29, 0.717) is 37.2 Å². The second-order valence-corrected chi connectivity index (χ2v) is 10.1. The van der Waals surface area contributed by atoms with Gasteiger partial charge in [0.2, 0.25) is 0 Å². The predicted octanol–water partition coefficient (Wildman–Crippen LogP) is 5.02. The van der Waals surface area contributed by atoms with Gasteiger partial charge in [0.1, 0.15) is 6.54 Å². The maximum atomic E-state index is 13.4. The first-order valence-electron chi connectivity index (χ1n) is 12.4. The largest absolute Gasteiger partial charge is 0.416 e. The number of nitrogens with one attached hydrogen (secondary N) is 1. The molecule has 39 heavy (non-hydrogen) atoms. The number of fused-ring (bicyclic) bond motifs is 2. The van der Waals surface area contributed by atoms with Gasteiger partial charge in [-0.1, -0.05) is 30.3 Å². The molecule has 2 aromatic carbocycles. The molecule has 13 heteroatoms. The average molecular weight is 554 g/mol. The summed E-state index contributed by atoms with van der Waals surface area (Å²) in [5.41, 5.74) is -2.91. The smallest absolute Gasteiger partial charge is 0.371 e. The van der Waals surface area contributed by atoms with E-state index >= 15 is 0 Å². The average Bonchev–Trinajstić information content (AvgIpc) is 3.45. The molecular formula is C26H25F6N5O2. The highest BCUT2D eigenvalue weighted by Gasteiger charge is 2.55. The minimum atomic E-state index is -4.94. The van der Waals surface area contributed by atoms with Gasteiger partial charge in [0, 0.05) is 12.0 Å². The van der Waals surface area contributed by atoms with Crippen LogP contribution in [0.2, 0.25) is 0 Å². The van der Waals surface area contributed by atoms with Gasteiger partial charge in [0.05, 0.1) is 29.4 Å². The van der Waals surface area contributed by atoms with Gasteiger partial charge >= 0.3 is 12.4 Å². The minimum Gasteiger partial charge on any atom is -0.371 e. The number of carbonyl (C=O) groups is 1. The molecule has 2 bridgehead atoms. The Balaban J connectivity index is 1.46.